The monoisotopic (exact) mass is 697 g/mol. The summed E-state index contributed by atoms with van der Waals surface area (Å²) in [5, 5.41) is 8.33. The second-order valence-corrected chi connectivity index (χ2v) is 13.0. The van der Waals surface area contributed by atoms with Crippen LogP contribution in [0.5, 0.6) is 0 Å². The fraction of sp³-hybridized carbons (Fsp3) is 0.278. The average Bonchev–Trinajstić information content (AvgIpc) is 3.09. The van der Waals surface area contributed by atoms with Crippen LogP contribution in [0, 0.1) is 5.41 Å². The van der Waals surface area contributed by atoms with Gasteiger partial charge in [-0.2, -0.15) is 0 Å². The molecule has 5 rings (SSSR count). The Balaban J connectivity index is 1.49. The topological polar surface area (TPSA) is 96.3 Å². The first-order valence-corrected chi connectivity index (χ1v) is 16.1. The predicted octanol–water partition coefficient (Wildman–Crippen LogP) is 7.69. The summed E-state index contributed by atoms with van der Waals surface area (Å²) >= 11 is 18.0. The lowest BCUT2D eigenvalue weighted by atomic mass is 9.97. The summed E-state index contributed by atoms with van der Waals surface area (Å²) < 4.78 is 35.1. The Kier molecular flexibility index (Phi) is 12.7. The fourth-order valence-electron chi connectivity index (χ4n) is 4.97. The third-order valence-electron chi connectivity index (χ3n) is 7.30. The van der Waals surface area contributed by atoms with Crippen molar-refractivity contribution in [2.45, 2.75) is 54.3 Å². The lowest BCUT2D eigenvalue weighted by Gasteiger charge is -2.45. The Bertz CT molecular complexity index is 1540. The second-order valence-electron chi connectivity index (χ2n) is 10.7. The molecule has 11 heteroatoms. The first-order chi connectivity index (χ1) is 22.8. The van der Waals surface area contributed by atoms with Gasteiger partial charge in [0.2, 0.25) is 12.2 Å². The van der Waals surface area contributed by atoms with Gasteiger partial charge in [-0.3, -0.25) is 5.41 Å². The van der Waals surface area contributed by atoms with Crippen molar-refractivity contribution in [2.75, 3.05) is 6.61 Å². The smallest absolute Gasteiger partial charge is 0.338 e. The van der Waals surface area contributed by atoms with Crippen LogP contribution in [0.3, 0.4) is 0 Å². The summed E-state index contributed by atoms with van der Waals surface area (Å²) in [6.45, 7) is 0.676. The molecule has 1 fully saturated rings. The van der Waals surface area contributed by atoms with E-state index in [0.717, 1.165) is 16.7 Å². The van der Waals surface area contributed by atoms with Gasteiger partial charge in [-0.25, -0.2) is 4.79 Å². The van der Waals surface area contributed by atoms with E-state index in [0.29, 0.717) is 12.2 Å². The van der Waals surface area contributed by atoms with E-state index in [1.807, 2.05) is 91.0 Å². The zero-order valence-electron chi connectivity index (χ0n) is 25.3. The van der Waals surface area contributed by atoms with E-state index in [1.165, 1.54) is 0 Å². The van der Waals surface area contributed by atoms with Crippen LogP contribution in [0.4, 0.5) is 0 Å². The zero-order chi connectivity index (χ0) is 33.1. The maximum Gasteiger partial charge on any atom is 0.338 e. The highest BCUT2D eigenvalue weighted by Crippen LogP contribution is 2.34. The quantitative estimate of drug-likeness (QED) is 0.0662. The fourth-order valence-corrected chi connectivity index (χ4v) is 5.11. The molecule has 1 unspecified atom stereocenters. The van der Waals surface area contributed by atoms with Gasteiger partial charge >= 0.3 is 5.97 Å². The third-order valence-corrected chi connectivity index (χ3v) is 7.81. The molecule has 0 aromatic heterocycles. The minimum atomic E-state index is -2.21. The van der Waals surface area contributed by atoms with E-state index >= 15 is 0 Å². The highest BCUT2D eigenvalue weighted by molar-refractivity contribution is 6.76. The highest BCUT2D eigenvalue weighted by Gasteiger charge is 2.52. The number of hydrogen-bond acceptors (Lipinski definition) is 8. The van der Waals surface area contributed by atoms with E-state index in [-0.39, 0.29) is 19.8 Å². The summed E-state index contributed by atoms with van der Waals surface area (Å²) in [7, 11) is 0. The molecule has 1 aliphatic rings. The number of alkyl halides is 3. The van der Waals surface area contributed by atoms with Crippen molar-refractivity contribution in [1.82, 2.24) is 0 Å². The van der Waals surface area contributed by atoms with Crippen LogP contribution < -0.4 is 0 Å². The SMILES string of the molecule is N=C(OC1O[C@H](COCc2ccccc2)[C@H](OCc2ccccc2)[C@H](OCc2ccccc2)[C@H]1OC(=O)c1ccccc1)C(Cl)(Cl)Cl. The minimum Gasteiger partial charge on any atom is -0.449 e. The minimum absolute atomic E-state index is 0.0415. The molecular weight excluding hydrogens is 665 g/mol. The van der Waals surface area contributed by atoms with Crippen LogP contribution in [0.15, 0.2) is 121 Å². The summed E-state index contributed by atoms with van der Waals surface area (Å²) in [6.07, 6.45) is -5.30. The van der Waals surface area contributed by atoms with Crippen molar-refractivity contribution in [2.24, 2.45) is 0 Å². The Morgan fingerprint density at radius 1 is 0.638 bits per heavy atom. The molecule has 4 aromatic carbocycles. The van der Waals surface area contributed by atoms with Gasteiger partial charge in [0.1, 0.15) is 18.3 Å². The molecule has 0 spiro atoms. The summed E-state index contributed by atoms with van der Waals surface area (Å²) in [6, 6.07) is 37.3. The van der Waals surface area contributed by atoms with E-state index in [4.69, 9.17) is 68.6 Å². The van der Waals surface area contributed by atoms with Crippen molar-refractivity contribution in [1.29, 1.82) is 5.41 Å². The first kappa shape index (κ1) is 34.9. The number of carbonyl (C=O) groups is 1. The first-order valence-electron chi connectivity index (χ1n) is 14.9. The third kappa shape index (κ3) is 10.3. The van der Waals surface area contributed by atoms with Crippen LogP contribution in [0.1, 0.15) is 27.0 Å². The lowest BCUT2D eigenvalue weighted by Crippen LogP contribution is -2.62. The molecule has 0 amide bonds. The summed E-state index contributed by atoms with van der Waals surface area (Å²) in [4.78, 5) is 13.5. The molecule has 1 N–H and O–H groups in total. The summed E-state index contributed by atoms with van der Waals surface area (Å²) in [5.74, 6) is -1.38. The van der Waals surface area contributed by atoms with E-state index in [9.17, 15) is 4.79 Å². The van der Waals surface area contributed by atoms with Crippen molar-refractivity contribution in [3.8, 4) is 0 Å². The standard InChI is InChI=1S/C36H34Cl3NO7/c37-36(38,39)35(40)47-34-32(46-33(41)28-19-11-4-12-20-28)31(44-23-27-17-9-3-10-18-27)30(43-22-26-15-7-2-8-16-26)29(45-34)24-42-21-25-13-5-1-6-14-25/h1-20,29-32,34,40H,21-24H2/t29-,30+,31+,32-,34?/m1/s1. The molecule has 5 atom stereocenters. The van der Waals surface area contributed by atoms with E-state index < -0.39 is 46.4 Å². The maximum absolute atomic E-state index is 13.5. The number of rotatable bonds is 13. The number of hydrogen-bond donors (Lipinski definition) is 1. The molecule has 4 aromatic rings. The number of carbonyl (C=O) groups excluding carboxylic acids is 1. The van der Waals surface area contributed by atoms with Crippen molar-refractivity contribution in [3.05, 3.63) is 144 Å². The lowest BCUT2D eigenvalue weighted by molar-refractivity contribution is -0.302. The average molecular weight is 699 g/mol. The number of halogens is 3. The van der Waals surface area contributed by atoms with Gasteiger partial charge in [0.25, 0.3) is 3.79 Å². The van der Waals surface area contributed by atoms with Gasteiger partial charge in [-0.05, 0) is 28.8 Å². The number of ether oxygens (including phenoxy) is 6. The Hall–Kier alpha value is -3.47. The molecule has 0 saturated carbocycles. The van der Waals surface area contributed by atoms with Crippen LogP contribution >= 0.6 is 34.8 Å². The molecule has 0 radical (unpaired) electrons. The van der Waals surface area contributed by atoms with Crippen LogP contribution in [0.2, 0.25) is 0 Å². The second kappa shape index (κ2) is 17.1. The van der Waals surface area contributed by atoms with E-state index in [1.54, 1.807) is 30.3 Å². The van der Waals surface area contributed by atoms with Gasteiger partial charge in [0, 0.05) is 0 Å². The molecule has 47 heavy (non-hydrogen) atoms. The summed E-state index contributed by atoms with van der Waals surface area (Å²) in [5.41, 5.74) is 3.03. The number of esters is 1. The maximum atomic E-state index is 13.5. The van der Waals surface area contributed by atoms with Crippen molar-refractivity contribution < 1.29 is 33.2 Å². The predicted molar refractivity (Wildman–Crippen MR) is 180 cm³/mol. The van der Waals surface area contributed by atoms with Gasteiger partial charge < -0.3 is 28.4 Å². The zero-order valence-corrected chi connectivity index (χ0v) is 27.5. The Morgan fingerprint density at radius 2 is 1.11 bits per heavy atom. The van der Waals surface area contributed by atoms with Gasteiger partial charge in [-0.15, -0.1) is 0 Å². The molecule has 1 heterocycles. The molecule has 246 valence electrons. The molecular formula is C36H34Cl3NO7. The normalized spacial score (nSPS) is 21.1. The van der Waals surface area contributed by atoms with Crippen molar-refractivity contribution >= 4 is 46.7 Å². The number of nitrogens with one attached hydrogen (secondary N) is 1. The van der Waals surface area contributed by atoms with Gasteiger partial charge in [0.15, 0.2) is 6.10 Å². The molecule has 1 saturated heterocycles. The van der Waals surface area contributed by atoms with Crippen LogP contribution in [-0.4, -0.2) is 53.0 Å². The van der Waals surface area contributed by atoms with Crippen molar-refractivity contribution in [3.63, 3.8) is 0 Å². The van der Waals surface area contributed by atoms with E-state index in [2.05, 4.69) is 0 Å². The van der Waals surface area contributed by atoms with Crippen LogP contribution in [-0.2, 0) is 48.2 Å². The Labute approximate surface area is 288 Å². The largest absolute Gasteiger partial charge is 0.449 e. The molecule has 0 bridgehead atoms. The number of benzene rings is 4. The highest BCUT2D eigenvalue weighted by atomic mass is 35.6. The molecule has 0 aliphatic carbocycles. The Morgan fingerprint density at radius 3 is 1.62 bits per heavy atom. The van der Waals surface area contributed by atoms with Gasteiger partial charge in [0.05, 0.1) is 32.0 Å². The van der Waals surface area contributed by atoms with Gasteiger partial charge in [-0.1, -0.05) is 144 Å². The van der Waals surface area contributed by atoms with Crippen LogP contribution in [0.25, 0.3) is 0 Å². The molecule has 1 aliphatic heterocycles. The molecule has 8 nitrogen and oxygen atoms in total.